The topological polar surface area (TPSA) is 97.6 Å². The van der Waals surface area contributed by atoms with Gasteiger partial charge in [0.15, 0.2) is 11.2 Å². The number of alkyl carbamates (subject to hydrolysis) is 1. The fourth-order valence-corrected chi connectivity index (χ4v) is 3.67. The first-order valence-corrected chi connectivity index (χ1v) is 10.1. The molecule has 1 fully saturated rings. The first-order chi connectivity index (χ1) is 14.1. The molecule has 162 valence electrons. The molecule has 30 heavy (non-hydrogen) atoms. The zero-order valence-corrected chi connectivity index (χ0v) is 17.5. The van der Waals surface area contributed by atoms with Crippen LogP contribution in [0, 0.1) is 5.82 Å². The molecule has 7 nitrogen and oxygen atoms in total. The van der Waals surface area contributed by atoms with Crippen molar-refractivity contribution in [1.29, 1.82) is 0 Å². The third-order valence-corrected chi connectivity index (χ3v) is 5.08. The van der Waals surface area contributed by atoms with E-state index in [1.54, 1.807) is 20.8 Å². The molecule has 3 rings (SSSR count). The van der Waals surface area contributed by atoms with Crippen LogP contribution in [-0.2, 0) is 4.74 Å². The summed E-state index contributed by atoms with van der Waals surface area (Å²) in [6.07, 6.45) is 3.77. The summed E-state index contributed by atoms with van der Waals surface area (Å²) in [5.41, 5.74) is -1.62. The van der Waals surface area contributed by atoms with Crippen molar-refractivity contribution < 1.29 is 23.1 Å². The molecule has 2 N–H and O–H groups in total. The molecule has 0 atom stereocenters. The molecule has 1 heterocycles. The van der Waals surface area contributed by atoms with Crippen LogP contribution in [0.3, 0.4) is 0 Å². The van der Waals surface area contributed by atoms with Crippen molar-refractivity contribution in [2.24, 2.45) is 0 Å². The van der Waals surface area contributed by atoms with E-state index in [-0.39, 0.29) is 23.3 Å². The van der Waals surface area contributed by atoms with E-state index in [9.17, 15) is 18.8 Å². The van der Waals surface area contributed by atoms with Crippen molar-refractivity contribution in [2.75, 3.05) is 6.54 Å². The van der Waals surface area contributed by atoms with Gasteiger partial charge in [0.05, 0.1) is 10.9 Å². The summed E-state index contributed by atoms with van der Waals surface area (Å²) >= 11 is 0. The molecule has 1 aliphatic rings. The first kappa shape index (κ1) is 21.8. The number of hydrogen-bond acceptors (Lipinski definition) is 5. The molecule has 0 bridgehead atoms. The van der Waals surface area contributed by atoms with Gasteiger partial charge in [0.2, 0.25) is 0 Å². The molecule has 2 amide bonds. The molecule has 0 aliphatic heterocycles. The van der Waals surface area contributed by atoms with Crippen LogP contribution in [0.2, 0.25) is 0 Å². The van der Waals surface area contributed by atoms with Crippen LogP contribution < -0.4 is 16.1 Å². The third kappa shape index (κ3) is 5.37. The van der Waals surface area contributed by atoms with Gasteiger partial charge in [-0.3, -0.25) is 9.59 Å². The van der Waals surface area contributed by atoms with Crippen LogP contribution in [0.25, 0.3) is 11.0 Å². The number of halogens is 1. The summed E-state index contributed by atoms with van der Waals surface area (Å²) in [6, 6.07) is 4.60. The van der Waals surface area contributed by atoms with Crippen molar-refractivity contribution in [2.45, 2.75) is 64.0 Å². The van der Waals surface area contributed by atoms with Gasteiger partial charge in [-0.25, -0.2) is 9.18 Å². The van der Waals surface area contributed by atoms with Gasteiger partial charge >= 0.3 is 6.09 Å². The SMILES string of the molecule is CC(C)(C)OC(=O)NC1(CNC(=O)c2cc(=O)c3cc(F)ccc3o2)CCCCC1. The van der Waals surface area contributed by atoms with E-state index >= 15 is 0 Å². The predicted molar refractivity (Wildman–Crippen MR) is 110 cm³/mol. The summed E-state index contributed by atoms with van der Waals surface area (Å²) < 4.78 is 24.2. The fraction of sp³-hybridized carbons (Fsp3) is 0.500. The lowest BCUT2D eigenvalue weighted by atomic mass is 9.81. The minimum Gasteiger partial charge on any atom is -0.451 e. The largest absolute Gasteiger partial charge is 0.451 e. The van der Waals surface area contributed by atoms with E-state index in [1.807, 2.05) is 0 Å². The number of carbonyl (C=O) groups is 2. The number of carbonyl (C=O) groups excluding carboxylic acids is 2. The van der Waals surface area contributed by atoms with Crippen molar-refractivity contribution >= 4 is 23.0 Å². The fourth-order valence-electron chi connectivity index (χ4n) is 3.67. The normalized spacial score (nSPS) is 16.1. The van der Waals surface area contributed by atoms with Gasteiger partial charge < -0.3 is 19.8 Å². The Kier molecular flexibility index (Phi) is 6.14. The number of benzene rings is 1. The summed E-state index contributed by atoms with van der Waals surface area (Å²) in [5, 5.41) is 5.77. The van der Waals surface area contributed by atoms with E-state index in [1.165, 1.54) is 6.07 Å². The molecule has 1 aromatic heterocycles. The van der Waals surface area contributed by atoms with Crippen molar-refractivity contribution in [3.8, 4) is 0 Å². The Morgan fingerprint density at radius 1 is 1.17 bits per heavy atom. The smallest absolute Gasteiger partial charge is 0.408 e. The Labute approximate surface area is 174 Å². The summed E-state index contributed by atoms with van der Waals surface area (Å²) in [5.74, 6) is -1.30. The number of amides is 2. The zero-order chi connectivity index (χ0) is 21.9. The van der Waals surface area contributed by atoms with E-state index in [2.05, 4.69) is 10.6 Å². The monoisotopic (exact) mass is 418 g/mol. The Morgan fingerprint density at radius 2 is 1.87 bits per heavy atom. The number of fused-ring (bicyclic) bond motifs is 1. The van der Waals surface area contributed by atoms with Gasteiger partial charge in [-0.15, -0.1) is 0 Å². The minimum atomic E-state index is -0.628. The van der Waals surface area contributed by atoms with Crippen LogP contribution in [-0.4, -0.2) is 29.7 Å². The first-order valence-electron chi connectivity index (χ1n) is 10.1. The van der Waals surface area contributed by atoms with Crippen LogP contribution in [0.4, 0.5) is 9.18 Å². The number of rotatable bonds is 4. The average Bonchev–Trinajstić information content (AvgIpc) is 2.65. The van der Waals surface area contributed by atoms with Crippen molar-refractivity contribution in [3.05, 3.63) is 46.1 Å². The van der Waals surface area contributed by atoms with E-state index in [0.29, 0.717) is 12.8 Å². The number of ether oxygens (including phenoxy) is 1. The molecule has 0 saturated heterocycles. The highest BCUT2D eigenvalue weighted by molar-refractivity contribution is 5.93. The maximum atomic E-state index is 13.3. The molecule has 0 spiro atoms. The summed E-state index contributed by atoms with van der Waals surface area (Å²) in [6.45, 7) is 5.54. The summed E-state index contributed by atoms with van der Waals surface area (Å²) in [4.78, 5) is 37.2. The van der Waals surface area contributed by atoms with Crippen LogP contribution >= 0.6 is 0 Å². The molecule has 2 aromatic rings. The van der Waals surface area contributed by atoms with Gasteiger partial charge in [-0.1, -0.05) is 19.3 Å². The third-order valence-electron chi connectivity index (χ3n) is 5.08. The molecular formula is C22H27FN2O5. The van der Waals surface area contributed by atoms with Gasteiger partial charge in [-0.2, -0.15) is 0 Å². The molecule has 1 saturated carbocycles. The summed E-state index contributed by atoms with van der Waals surface area (Å²) in [7, 11) is 0. The Morgan fingerprint density at radius 3 is 2.53 bits per heavy atom. The van der Waals surface area contributed by atoms with Crippen molar-refractivity contribution in [3.63, 3.8) is 0 Å². The van der Waals surface area contributed by atoms with E-state index in [4.69, 9.17) is 9.15 Å². The zero-order valence-electron chi connectivity index (χ0n) is 17.5. The molecule has 8 heteroatoms. The van der Waals surface area contributed by atoms with Gasteiger partial charge in [0.1, 0.15) is 17.0 Å². The Hall–Kier alpha value is -2.90. The lowest BCUT2D eigenvalue weighted by Crippen LogP contribution is -2.57. The Bertz CT molecular complexity index is 1000. The van der Waals surface area contributed by atoms with E-state index in [0.717, 1.165) is 37.5 Å². The average molecular weight is 418 g/mol. The van der Waals surface area contributed by atoms with Crippen molar-refractivity contribution in [1.82, 2.24) is 10.6 Å². The molecule has 1 aromatic carbocycles. The quantitative estimate of drug-likeness (QED) is 0.785. The van der Waals surface area contributed by atoms with Crippen LogP contribution in [0.5, 0.6) is 0 Å². The second kappa shape index (κ2) is 8.45. The maximum Gasteiger partial charge on any atom is 0.408 e. The second-order valence-corrected chi connectivity index (χ2v) is 8.77. The standard InChI is InChI=1S/C22H27FN2O5/c1-21(2,3)30-20(28)25-22(9-5-4-6-10-22)13-24-19(27)18-12-16(26)15-11-14(23)7-8-17(15)29-18/h7-8,11-12H,4-6,9-10,13H2,1-3H3,(H,24,27)(H,25,28). The Balaban J connectivity index is 1.74. The molecule has 0 radical (unpaired) electrons. The second-order valence-electron chi connectivity index (χ2n) is 8.77. The predicted octanol–water partition coefficient (Wildman–Crippen LogP) is 3.89. The van der Waals surface area contributed by atoms with Crippen LogP contribution in [0.1, 0.15) is 63.4 Å². The molecule has 0 unspecified atom stereocenters. The number of hydrogen-bond donors (Lipinski definition) is 2. The molecular weight excluding hydrogens is 391 g/mol. The lowest BCUT2D eigenvalue weighted by Gasteiger charge is -2.38. The minimum absolute atomic E-state index is 0.0712. The van der Waals surface area contributed by atoms with Gasteiger partial charge in [0.25, 0.3) is 5.91 Å². The highest BCUT2D eigenvalue weighted by Gasteiger charge is 2.35. The lowest BCUT2D eigenvalue weighted by molar-refractivity contribution is 0.0419. The number of nitrogens with one attached hydrogen (secondary N) is 2. The highest BCUT2D eigenvalue weighted by atomic mass is 19.1. The van der Waals surface area contributed by atoms with E-state index < -0.39 is 34.4 Å². The maximum absolute atomic E-state index is 13.3. The van der Waals surface area contributed by atoms with Gasteiger partial charge in [0, 0.05) is 12.6 Å². The molecule has 1 aliphatic carbocycles. The van der Waals surface area contributed by atoms with Gasteiger partial charge in [-0.05, 0) is 51.8 Å². The van der Waals surface area contributed by atoms with Crippen LogP contribution in [0.15, 0.2) is 33.5 Å². The highest BCUT2D eigenvalue weighted by Crippen LogP contribution is 2.28.